The summed E-state index contributed by atoms with van der Waals surface area (Å²) in [6.45, 7) is 7.35. The fourth-order valence-corrected chi connectivity index (χ4v) is 2.02. The first-order valence-electron chi connectivity index (χ1n) is 5.47. The van der Waals surface area contributed by atoms with Crippen LogP contribution in [-0.2, 0) is 9.63 Å². The minimum absolute atomic E-state index is 0.141. The standard InChI is InChI=1S/C11H20BrNO2/c1-11(2,3)10(14)15-13-6-4-5-9(7-12)8-13/h9H,4-8H2,1-3H3/t9-/m1/s1. The van der Waals surface area contributed by atoms with Crippen molar-refractivity contribution in [3.8, 4) is 0 Å². The first kappa shape index (κ1) is 13.0. The number of nitrogens with zero attached hydrogens (tertiary/aromatic N) is 1. The van der Waals surface area contributed by atoms with Crippen LogP contribution < -0.4 is 0 Å². The van der Waals surface area contributed by atoms with Gasteiger partial charge in [0.2, 0.25) is 0 Å². The predicted molar refractivity (Wildman–Crippen MR) is 63.6 cm³/mol. The second-order valence-corrected chi connectivity index (χ2v) is 5.83. The number of hydroxylamine groups is 2. The number of rotatable bonds is 2. The fourth-order valence-electron chi connectivity index (χ4n) is 1.49. The van der Waals surface area contributed by atoms with Crippen molar-refractivity contribution in [1.82, 2.24) is 5.06 Å². The summed E-state index contributed by atoms with van der Waals surface area (Å²) in [6, 6.07) is 0. The molecule has 0 unspecified atom stereocenters. The zero-order valence-electron chi connectivity index (χ0n) is 9.75. The molecule has 0 aromatic heterocycles. The van der Waals surface area contributed by atoms with Crippen LogP contribution in [0.2, 0.25) is 0 Å². The van der Waals surface area contributed by atoms with E-state index in [1.807, 2.05) is 25.8 Å². The maximum atomic E-state index is 11.7. The molecule has 0 spiro atoms. The molecule has 0 radical (unpaired) electrons. The van der Waals surface area contributed by atoms with E-state index in [4.69, 9.17) is 4.84 Å². The molecule has 0 aliphatic carbocycles. The largest absolute Gasteiger partial charge is 0.367 e. The lowest BCUT2D eigenvalue weighted by Gasteiger charge is -2.32. The highest BCUT2D eigenvalue weighted by Gasteiger charge is 2.28. The summed E-state index contributed by atoms with van der Waals surface area (Å²) in [4.78, 5) is 17.0. The van der Waals surface area contributed by atoms with E-state index in [9.17, 15) is 4.79 Å². The Morgan fingerprint density at radius 1 is 1.53 bits per heavy atom. The molecule has 1 saturated heterocycles. The second kappa shape index (κ2) is 5.30. The Hall–Kier alpha value is -0.0900. The molecule has 1 aliphatic rings. The molecular weight excluding hydrogens is 258 g/mol. The van der Waals surface area contributed by atoms with Gasteiger partial charge < -0.3 is 4.84 Å². The number of piperidine rings is 1. The van der Waals surface area contributed by atoms with Crippen LogP contribution >= 0.6 is 15.9 Å². The molecule has 0 bridgehead atoms. The van der Waals surface area contributed by atoms with Crippen LogP contribution in [0.25, 0.3) is 0 Å². The third kappa shape index (κ3) is 4.11. The molecule has 1 aliphatic heterocycles. The Morgan fingerprint density at radius 2 is 2.20 bits per heavy atom. The van der Waals surface area contributed by atoms with Crippen molar-refractivity contribution in [2.75, 3.05) is 18.4 Å². The van der Waals surface area contributed by atoms with E-state index in [2.05, 4.69) is 15.9 Å². The lowest BCUT2D eigenvalue weighted by molar-refractivity contribution is -0.207. The van der Waals surface area contributed by atoms with Crippen molar-refractivity contribution in [2.24, 2.45) is 11.3 Å². The van der Waals surface area contributed by atoms with Gasteiger partial charge in [-0.1, -0.05) is 15.9 Å². The molecule has 0 saturated carbocycles. The van der Waals surface area contributed by atoms with Gasteiger partial charge in [0.15, 0.2) is 0 Å². The Labute approximate surface area is 100 Å². The number of hydrogen-bond acceptors (Lipinski definition) is 3. The van der Waals surface area contributed by atoms with Gasteiger partial charge in [0, 0.05) is 18.4 Å². The maximum absolute atomic E-state index is 11.7. The van der Waals surface area contributed by atoms with Crippen molar-refractivity contribution in [3.05, 3.63) is 0 Å². The maximum Gasteiger partial charge on any atom is 0.330 e. The highest BCUT2D eigenvalue weighted by atomic mass is 79.9. The Morgan fingerprint density at radius 3 is 2.73 bits per heavy atom. The summed E-state index contributed by atoms with van der Waals surface area (Å²) in [5.74, 6) is 0.462. The lowest BCUT2D eigenvalue weighted by Crippen LogP contribution is -2.40. The van der Waals surface area contributed by atoms with Crippen molar-refractivity contribution in [1.29, 1.82) is 0 Å². The quantitative estimate of drug-likeness (QED) is 0.727. The topological polar surface area (TPSA) is 29.5 Å². The normalized spacial score (nSPS) is 23.9. The summed E-state index contributed by atoms with van der Waals surface area (Å²) in [5, 5.41) is 2.79. The first-order valence-corrected chi connectivity index (χ1v) is 6.59. The van der Waals surface area contributed by atoms with Gasteiger partial charge in [-0.3, -0.25) is 0 Å². The molecule has 0 aromatic carbocycles. The average molecular weight is 278 g/mol. The number of halogens is 1. The van der Waals surface area contributed by atoms with E-state index in [1.165, 1.54) is 6.42 Å². The zero-order chi connectivity index (χ0) is 11.5. The SMILES string of the molecule is CC(C)(C)C(=O)ON1CCC[C@H](CBr)C1. The smallest absolute Gasteiger partial charge is 0.330 e. The van der Waals surface area contributed by atoms with Gasteiger partial charge in [-0.25, -0.2) is 4.79 Å². The minimum atomic E-state index is -0.415. The van der Waals surface area contributed by atoms with Crippen LogP contribution in [0.4, 0.5) is 0 Å². The van der Waals surface area contributed by atoms with E-state index in [0.29, 0.717) is 5.92 Å². The van der Waals surface area contributed by atoms with Crippen molar-refractivity contribution in [3.63, 3.8) is 0 Å². The molecule has 1 atom stereocenters. The van der Waals surface area contributed by atoms with Gasteiger partial charge in [-0.2, -0.15) is 0 Å². The summed E-state index contributed by atoms with van der Waals surface area (Å²) in [6.07, 6.45) is 2.32. The molecule has 1 rings (SSSR count). The van der Waals surface area contributed by atoms with Crippen LogP contribution in [0.5, 0.6) is 0 Å². The highest BCUT2D eigenvalue weighted by Crippen LogP contribution is 2.21. The van der Waals surface area contributed by atoms with Crippen LogP contribution in [0.1, 0.15) is 33.6 Å². The van der Waals surface area contributed by atoms with Crippen molar-refractivity contribution >= 4 is 21.9 Å². The Bertz CT molecular complexity index is 225. The van der Waals surface area contributed by atoms with Gasteiger partial charge in [0.05, 0.1) is 5.41 Å². The predicted octanol–water partition coefficient (Wildman–Crippen LogP) is 2.60. The number of carbonyl (C=O) groups excluding carboxylic acids is 1. The highest BCUT2D eigenvalue weighted by molar-refractivity contribution is 9.09. The molecule has 4 heteroatoms. The van der Waals surface area contributed by atoms with E-state index < -0.39 is 5.41 Å². The third-order valence-corrected chi connectivity index (χ3v) is 3.44. The van der Waals surface area contributed by atoms with Crippen LogP contribution in [0.3, 0.4) is 0 Å². The van der Waals surface area contributed by atoms with E-state index >= 15 is 0 Å². The minimum Gasteiger partial charge on any atom is -0.367 e. The third-order valence-electron chi connectivity index (χ3n) is 2.52. The molecule has 88 valence electrons. The summed E-state index contributed by atoms with van der Waals surface area (Å²) in [5.41, 5.74) is -0.415. The van der Waals surface area contributed by atoms with Crippen LogP contribution in [0.15, 0.2) is 0 Å². The van der Waals surface area contributed by atoms with E-state index in [1.54, 1.807) is 0 Å². The molecule has 1 fully saturated rings. The summed E-state index contributed by atoms with van der Waals surface area (Å²) < 4.78 is 0. The monoisotopic (exact) mass is 277 g/mol. The molecule has 3 nitrogen and oxygen atoms in total. The average Bonchev–Trinajstić information content (AvgIpc) is 2.16. The van der Waals surface area contributed by atoms with Gasteiger partial charge in [0.1, 0.15) is 0 Å². The Kier molecular flexibility index (Phi) is 4.59. The van der Waals surface area contributed by atoms with Crippen molar-refractivity contribution in [2.45, 2.75) is 33.6 Å². The van der Waals surface area contributed by atoms with Gasteiger partial charge in [-0.05, 0) is 39.5 Å². The zero-order valence-corrected chi connectivity index (χ0v) is 11.3. The van der Waals surface area contributed by atoms with Crippen molar-refractivity contribution < 1.29 is 9.63 Å². The van der Waals surface area contributed by atoms with Gasteiger partial charge in [0.25, 0.3) is 0 Å². The number of carbonyl (C=O) groups is 1. The fraction of sp³-hybridized carbons (Fsp3) is 0.909. The molecule has 1 heterocycles. The summed E-state index contributed by atoms with van der Waals surface area (Å²) >= 11 is 3.48. The molecule has 0 N–H and O–H groups in total. The summed E-state index contributed by atoms with van der Waals surface area (Å²) in [7, 11) is 0. The lowest BCUT2D eigenvalue weighted by atomic mass is 9.97. The van der Waals surface area contributed by atoms with E-state index in [-0.39, 0.29) is 5.97 Å². The van der Waals surface area contributed by atoms with Crippen LogP contribution in [0, 0.1) is 11.3 Å². The number of alkyl halides is 1. The molecule has 0 aromatic rings. The molecular formula is C11H20BrNO2. The first-order chi connectivity index (χ1) is 6.93. The molecule has 0 amide bonds. The van der Waals surface area contributed by atoms with Gasteiger partial charge >= 0.3 is 5.97 Å². The second-order valence-electron chi connectivity index (χ2n) is 5.18. The van der Waals surface area contributed by atoms with Crippen LogP contribution in [-0.4, -0.2) is 29.5 Å². The van der Waals surface area contributed by atoms with Gasteiger partial charge in [-0.15, -0.1) is 5.06 Å². The Balaban J connectivity index is 2.41. The van der Waals surface area contributed by atoms with E-state index in [0.717, 1.165) is 24.8 Å². The number of hydrogen-bond donors (Lipinski definition) is 0. The molecule has 15 heavy (non-hydrogen) atoms.